The Bertz CT molecular complexity index is 862. The van der Waals surface area contributed by atoms with E-state index in [0.717, 1.165) is 24.2 Å². The summed E-state index contributed by atoms with van der Waals surface area (Å²) in [7, 11) is 4.00. The van der Waals surface area contributed by atoms with Gasteiger partial charge in [-0.25, -0.2) is 9.78 Å². The molecule has 2 N–H and O–H groups in total. The van der Waals surface area contributed by atoms with Gasteiger partial charge < -0.3 is 20.1 Å². The molecule has 1 unspecified atom stereocenters. The molecule has 28 heavy (non-hydrogen) atoms. The molecule has 0 aliphatic heterocycles. The van der Waals surface area contributed by atoms with Crippen LogP contribution in [0.3, 0.4) is 0 Å². The fourth-order valence-corrected chi connectivity index (χ4v) is 3.11. The molecule has 2 aromatic carbocycles. The van der Waals surface area contributed by atoms with Crippen LogP contribution in [-0.2, 0) is 13.1 Å². The Kier molecular flexibility index (Phi) is 6.81. The van der Waals surface area contributed by atoms with E-state index < -0.39 is 0 Å². The van der Waals surface area contributed by atoms with E-state index in [1.54, 1.807) is 12.5 Å². The van der Waals surface area contributed by atoms with Crippen LogP contribution in [0.1, 0.15) is 22.7 Å². The zero-order chi connectivity index (χ0) is 19.8. The van der Waals surface area contributed by atoms with Gasteiger partial charge in [-0.2, -0.15) is 0 Å². The summed E-state index contributed by atoms with van der Waals surface area (Å²) in [5.41, 5.74) is 3.33. The maximum atomic E-state index is 12.5. The Morgan fingerprint density at radius 3 is 2.61 bits per heavy atom. The van der Waals surface area contributed by atoms with Crippen molar-refractivity contribution in [2.75, 3.05) is 20.6 Å². The van der Waals surface area contributed by atoms with Crippen molar-refractivity contribution >= 4 is 6.03 Å². The number of benzene rings is 2. The van der Waals surface area contributed by atoms with Crippen molar-refractivity contribution in [3.05, 3.63) is 90.0 Å². The molecular formula is C22H27N5O. The summed E-state index contributed by atoms with van der Waals surface area (Å²) in [6, 6.07) is 18.0. The predicted octanol–water partition coefficient (Wildman–Crippen LogP) is 3.03. The number of aromatic nitrogens is 2. The van der Waals surface area contributed by atoms with Crippen molar-refractivity contribution in [3.63, 3.8) is 0 Å². The second-order valence-electron chi connectivity index (χ2n) is 7.11. The van der Waals surface area contributed by atoms with Gasteiger partial charge in [0.25, 0.3) is 0 Å². The van der Waals surface area contributed by atoms with E-state index >= 15 is 0 Å². The molecule has 2 amide bonds. The molecule has 0 radical (unpaired) electrons. The number of nitrogens with one attached hydrogen (secondary N) is 2. The van der Waals surface area contributed by atoms with Crippen molar-refractivity contribution in [2.24, 2.45) is 0 Å². The lowest BCUT2D eigenvalue weighted by molar-refractivity contribution is 0.232. The maximum absolute atomic E-state index is 12.5. The first-order chi connectivity index (χ1) is 13.6. The van der Waals surface area contributed by atoms with E-state index in [1.807, 2.05) is 67.3 Å². The first kappa shape index (κ1) is 19.6. The molecule has 0 saturated heterocycles. The Morgan fingerprint density at radius 2 is 1.89 bits per heavy atom. The van der Waals surface area contributed by atoms with Crippen LogP contribution in [0, 0.1) is 0 Å². The first-order valence-corrected chi connectivity index (χ1v) is 9.38. The highest BCUT2D eigenvalue weighted by atomic mass is 16.2. The van der Waals surface area contributed by atoms with Gasteiger partial charge in [-0.05, 0) is 30.8 Å². The molecule has 1 aromatic heterocycles. The largest absolute Gasteiger partial charge is 0.334 e. The minimum atomic E-state index is -0.171. The molecule has 0 fully saturated rings. The summed E-state index contributed by atoms with van der Waals surface area (Å²) in [5, 5.41) is 6.05. The van der Waals surface area contributed by atoms with Crippen LogP contribution in [0.4, 0.5) is 4.79 Å². The summed E-state index contributed by atoms with van der Waals surface area (Å²) in [5.74, 6) is 0. The van der Waals surface area contributed by atoms with Gasteiger partial charge in [-0.3, -0.25) is 0 Å². The van der Waals surface area contributed by atoms with E-state index in [9.17, 15) is 4.79 Å². The fourth-order valence-electron chi connectivity index (χ4n) is 3.11. The van der Waals surface area contributed by atoms with Gasteiger partial charge >= 0.3 is 6.03 Å². The lowest BCUT2D eigenvalue weighted by Gasteiger charge is -2.23. The number of nitrogens with zero attached hydrogens (tertiary/aromatic N) is 3. The molecule has 6 heteroatoms. The zero-order valence-corrected chi connectivity index (χ0v) is 16.4. The topological polar surface area (TPSA) is 62.2 Å². The van der Waals surface area contributed by atoms with Crippen molar-refractivity contribution in [1.82, 2.24) is 25.1 Å². The number of carbonyl (C=O) groups excluding carboxylic acids is 1. The van der Waals surface area contributed by atoms with Crippen LogP contribution in [0.25, 0.3) is 0 Å². The zero-order valence-electron chi connectivity index (χ0n) is 16.4. The first-order valence-electron chi connectivity index (χ1n) is 9.38. The van der Waals surface area contributed by atoms with E-state index in [1.165, 1.54) is 5.56 Å². The van der Waals surface area contributed by atoms with Crippen LogP contribution < -0.4 is 10.6 Å². The normalized spacial score (nSPS) is 12.0. The van der Waals surface area contributed by atoms with E-state index in [2.05, 4.69) is 32.7 Å². The lowest BCUT2D eigenvalue weighted by atomic mass is 10.1. The highest BCUT2D eigenvalue weighted by Crippen LogP contribution is 2.13. The molecular weight excluding hydrogens is 350 g/mol. The fraction of sp³-hybridized carbons (Fsp3) is 0.273. The van der Waals surface area contributed by atoms with Crippen LogP contribution >= 0.6 is 0 Å². The molecule has 3 rings (SSSR count). The number of urea groups is 1. The highest BCUT2D eigenvalue weighted by Gasteiger charge is 2.15. The number of carbonyl (C=O) groups is 1. The van der Waals surface area contributed by atoms with Gasteiger partial charge in [0.1, 0.15) is 0 Å². The number of likely N-dealkylation sites (N-methyl/N-ethyl adjacent to an activating group) is 1. The van der Waals surface area contributed by atoms with Gasteiger partial charge in [0, 0.05) is 32.0 Å². The summed E-state index contributed by atoms with van der Waals surface area (Å²) in [6.45, 7) is 1.98. The molecule has 0 bridgehead atoms. The average molecular weight is 377 g/mol. The molecule has 1 heterocycles. The summed E-state index contributed by atoms with van der Waals surface area (Å²) >= 11 is 0. The standard InChI is InChI=1S/C22H27N5O/c1-26(2)16-21(20-9-4-3-5-10-20)25-22(28)24-14-18-7-6-8-19(13-18)15-27-12-11-23-17-27/h3-13,17,21H,14-16H2,1-2H3,(H2,24,25,28). The minimum absolute atomic E-state index is 0.0659. The van der Waals surface area contributed by atoms with Gasteiger partial charge in [0.05, 0.1) is 12.4 Å². The van der Waals surface area contributed by atoms with Crippen LogP contribution in [0.15, 0.2) is 73.3 Å². The summed E-state index contributed by atoms with van der Waals surface area (Å²) in [4.78, 5) is 18.6. The van der Waals surface area contributed by atoms with Crippen molar-refractivity contribution in [3.8, 4) is 0 Å². The Morgan fingerprint density at radius 1 is 1.11 bits per heavy atom. The van der Waals surface area contributed by atoms with Gasteiger partial charge in [0.15, 0.2) is 0 Å². The highest BCUT2D eigenvalue weighted by molar-refractivity contribution is 5.74. The van der Waals surface area contributed by atoms with E-state index in [-0.39, 0.29) is 12.1 Å². The number of rotatable bonds is 8. The van der Waals surface area contributed by atoms with Gasteiger partial charge in [-0.1, -0.05) is 54.6 Å². The SMILES string of the molecule is CN(C)CC(NC(=O)NCc1cccc(Cn2ccnc2)c1)c1ccccc1. The molecule has 1 atom stereocenters. The van der Waals surface area contributed by atoms with Crippen LogP contribution in [0.2, 0.25) is 0 Å². The number of hydrogen-bond donors (Lipinski definition) is 2. The third-order valence-electron chi connectivity index (χ3n) is 4.42. The Hall–Kier alpha value is -3.12. The molecule has 0 spiro atoms. The second-order valence-corrected chi connectivity index (χ2v) is 7.11. The van der Waals surface area contributed by atoms with Crippen LogP contribution in [0.5, 0.6) is 0 Å². The number of imidazole rings is 1. The monoisotopic (exact) mass is 377 g/mol. The Balaban J connectivity index is 1.57. The third kappa shape index (κ3) is 5.96. The van der Waals surface area contributed by atoms with Crippen molar-refractivity contribution < 1.29 is 4.79 Å². The molecule has 0 aliphatic carbocycles. The number of hydrogen-bond acceptors (Lipinski definition) is 3. The Labute approximate surface area is 166 Å². The van der Waals surface area contributed by atoms with E-state index in [0.29, 0.717) is 6.54 Å². The van der Waals surface area contributed by atoms with Crippen LogP contribution in [-0.4, -0.2) is 41.1 Å². The summed E-state index contributed by atoms with van der Waals surface area (Å²) in [6.07, 6.45) is 5.51. The third-order valence-corrected chi connectivity index (χ3v) is 4.42. The molecule has 6 nitrogen and oxygen atoms in total. The van der Waals surface area contributed by atoms with E-state index in [4.69, 9.17) is 0 Å². The molecule has 3 aromatic rings. The number of amides is 2. The molecule has 146 valence electrons. The van der Waals surface area contributed by atoms with Gasteiger partial charge in [0.2, 0.25) is 0 Å². The minimum Gasteiger partial charge on any atom is -0.334 e. The second kappa shape index (κ2) is 9.71. The molecule has 0 aliphatic rings. The smallest absolute Gasteiger partial charge is 0.315 e. The quantitative estimate of drug-likeness (QED) is 0.634. The predicted molar refractivity (Wildman–Crippen MR) is 111 cm³/mol. The lowest BCUT2D eigenvalue weighted by Crippen LogP contribution is -2.41. The van der Waals surface area contributed by atoms with Crippen molar-refractivity contribution in [1.29, 1.82) is 0 Å². The maximum Gasteiger partial charge on any atom is 0.315 e. The summed E-state index contributed by atoms with van der Waals surface area (Å²) < 4.78 is 2.02. The average Bonchev–Trinajstić information content (AvgIpc) is 3.19. The molecule has 0 saturated carbocycles. The van der Waals surface area contributed by atoms with Crippen molar-refractivity contribution in [2.45, 2.75) is 19.1 Å². The van der Waals surface area contributed by atoms with Gasteiger partial charge in [-0.15, -0.1) is 0 Å².